The van der Waals surface area contributed by atoms with E-state index in [1.165, 1.54) is 0 Å². The fourth-order valence-corrected chi connectivity index (χ4v) is 3.90. The van der Waals surface area contributed by atoms with Crippen LogP contribution in [0.5, 0.6) is 0 Å². The monoisotopic (exact) mass is 412 g/mol. The fraction of sp³-hybridized carbons (Fsp3) is 0.857. The Balaban J connectivity index is 0.00000204. The van der Waals surface area contributed by atoms with E-state index in [2.05, 4.69) is 10.6 Å². The first kappa shape index (κ1) is 25.0. The van der Waals surface area contributed by atoms with E-state index < -0.39 is 23.2 Å². The molecule has 2 heterocycles. The fourth-order valence-electron chi connectivity index (χ4n) is 3.90. The van der Waals surface area contributed by atoms with Gasteiger partial charge in [-0.25, -0.2) is 9.59 Å². The van der Waals surface area contributed by atoms with Crippen LogP contribution >= 0.6 is 0 Å². The van der Waals surface area contributed by atoms with Gasteiger partial charge >= 0.3 is 12.1 Å². The van der Waals surface area contributed by atoms with Gasteiger partial charge in [-0.2, -0.15) is 0 Å². The zero-order valence-corrected chi connectivity index (χ0v) is 19.6. The molecule has 2 fully saturated rings. The lowest BCUT2D eigenvalue weighted by Gasteiger charge is -2.36. The van der Waals surface area contributed by atoms with Crippen LogP contribution in [-0.2, 0) is 9.53 Å². The van der Waals surface area contributed by atoms with Crippen molar-refractivity contribution in [2.45, 2.75) is 92.0 Å². The number of carbonyl (C=O) groups is 3. The van der Waals surface area contributed by atoms with E-state index in [1.807, 2.05) is 44.4 Å². The Kier molecular flexibility index (Phi) is 8.35. The van der Waals surface area contributed by atoms with E-state index in [-0.39, 0.29) is 24.0 Å². The average molecular weight is 413 g/mol. The lowest BCUT2D eigenvalue weighted by molar-refractivity contribution is -0.137. The van der Waals surface area contributed by atoms with Crippen LogP contribution in [0.2, 0.25) is 0 Å². The smallest absolute Gasteiger partial charge is 0.408 e. The molecule has 0 aromatic carbocycles. The van der Waals surface area contributed by atoms with Gasteiger partial charge < -0.3 is 25.2 Å². The second-order valence-electron chi connectivity index (χ2n) is 9.44. The summed E-state index contributed by atoms with van der Waals surface area (Å²) in [5.41, 5.74) is -1.10. The van der Waals surface area contributed by atoms with Crippen molar-refractivity contribution in [1.82, 2.24) is 20.4 Å². The van der Waals surface area contributed by atoms with Gasteiger partial charge in [-0.15, -0.1) is 0 Å². The Bertz CT molecular complexity index is 594. The minimum atomic E-state index is -0.694. The van der Waals surface area contributed by atoms with E-state index in [4.69, 9.17) is 4.74 Å². The molecule has 0 aliphatic carbocycles. The van der Waals surface area contributed by atoms with Gasteiger partial charge in [0.25, 0.3) is 0 Å². The summed E-state index contributed by atoms with van der Waals surface area (Å²) < 4.78 is 5.34. The summed E-state index contributed by atoms with van der Waals surface area (Å²) in [7, 11) is 1.62. The number of nitrogens with zero attached hydrogens (tertiary/aromatic N) is 2. The zero-order valence-electron chi connectivity index (χ0n) is 19.6. The third-order valence-corrected chi connectivity index (χ3v) is 5.11. The molecule has 0 radical (unpaired) electrons. The highest BCUT2D eigenvalue weighted by atomic mass is 16.6. The SMILES string of the molecule is CC.CNC(=O)N1CCC2C1CCN2C(=O)C(NC(=O)OC(C)(C)C)C(C)(C)C. The van der Waals surface area contributed by atoms with Gasteiger partial charge in [0, 0.05) is 20.1 Å². The van der Waals surface area contributed by atoms with Crippen molar-refractivity contribution in [3.05, 3.63) is 0 Å². The van der Waals surface area contributed by atoms with E-state index in [0.717, 1.165) is 12.8 Å². The van der Waals surface area contributed by atoms with E-state index >= 15 is 0 Å². The highest BCUT2D eigenvalue weighted by molar-refractivity contribution is 5.87. The first-order valence-electron chi connectivity index (χ1n) is 10.6. The number of ether oxygens (including phenoxy) is 1. The Morgan fingerprint density at radius 2 is 1.41 bits per heavy atom. The highest BCUT2D eigenvalue weighted by Crippen LogP contribution is 2.33. The van der Waals surface area contributed by atoms with Crippen LogP contribution in [0.15, 0.2) is 0 Å². The summed E-state index contributed by atoms with van der Waals surface area (Å²) in [5, 5.41) is 5.44. The molecule has 2 rings (SSSR count). The number of carbonyl (C=O) groups excluding carboxylic acids is 3. The van der Waals surface area contributed by atoms with Gasteiger partial charge in [-0.05, 0) is 39.0 Å². The zero-order chi connectivity index (χ0) is 22.6. The Morgan fingerprint density at radius 3 is 1.86 bits per heavy atom. The molecule has 4 amide bonds. The van der Waals surface area contributed by atoms with Crippen molar-refractivity contribution in [2.24, 2.45) is 5.41 Å². The second kappa shape index (κ2) is 9.67. The molecule has 0 bridgehead atoms. The number of nitrogens with one attached hydrogen (secondary N) is 2. The summed E-state index contributed by atoms with van der Waals surface area (Å²) >= 11 is 0. The van der Waals surface area contributed by atoms with E-state index in [0.29, 0.717) is 13.1 Å². The summed E-state index contributed by atoms with van der Waals surface area (Å²) in [6.07, 6.45) is 0.921. The molecular formula is C21H40N4O4. The maximum Gasteiger partial charge on any atom is 0.408 e. The van der Waals surface area contributed by atoms with Crippen molar-refractivity contribution in [2.75, 3.05) is 20.1 Å². The predicted octanol–water partition coefficient (Wildman–Crippen LogP) is 2.97. The maximum atomic E-state index is 13.3. The van der Waals surface area contributed by atoms with Crippen molar-refractivity contribution in [1.29, 1.82) is 0 Å². The normalized spacial score (nSPS) is 22.2. The molecule has 3 unspecified atom stereocenters. The molecule has 29 heavy (non-hydrogen) atoms. The number of hydrogen-bond acceptors (Lipinski definition) is 4. The molecular weight excluding hydrogens is 372 g/mol. The van der Waals surface area contributed by atoms with Crippen molar-refractivity contribution in [3.63, 3.8) is 0 Å². The topological polar surface area (TPSA) is 91.0 Å². The average Bonchev–Trinajstić information content (AvgIpc) is 3.19. The van der Waals surface area contributed by atoms with Crippen LogP contribution in [0, 0.1) is 5.41 Å². The number of amides is 4. The summed E-state index contributed by atoms with van der Waals surface area (Å²) in [4.78, 5) is 41.3. The third-order valence-electron chi connectivity index (χ3n) is 5.11. The first-order chi connectivity index (χ1) is 13.3. The van der Waals surface area contributed by atoms with Crippen LogP contribution < -0.4 is 10.6 Å². The van der Waals surface area contributed by atoms with E-state index in [1.54, 1.807) is 27.8 Å². The Labute approximate surface area is 175 Å². The van der Waals surface area contributed by atoms with Crippen molar-refractivity contribution < 1.29 is 19.1 Å². The first-order valence-corrected chi connectivity index (χ1v) is 10.6. The molecule has 168 valence electrons. The molecule has 2 aliphatic heterocycles. The minimum absolute atomic E-state index is 0.0000801. The van der Waals surface area contributed by atoms with E-state index in [9.17, 15) is 14.4 Å². The molecule has 2 aliphatic rings. The molecule has 0 spiro atoms. The molecule has 0 aromatic heterocycles. The number of likely N-dealkylation sites (tertiary alicyclic amines) is 2. The van der Waals surface area contributed by atoms with Crippen LogP contribution in [0.4, 0.5) is 9.59 Å². The predicted molar refractivity (Wildman–Crippen MR) is 114 cm³/mol. The summed E-state index contributed by atoms with van der Waals surface area (Å²) in [6, 6.07) is -0.757. The van der Waals surface area contributed by atoms with Crippen LogP contribution in [0.25, 0.3) is 0 Å². The molecule has 0 saturated carbocycles. The number of rotatable bonds is 2. The van der Waals surface area contributed by atoms with Gasteiger partial charge in [0.05, 0.1) is 12.1 Å². The number of alkyl carbamates (subject to hydrolysis) is 1. The molecule has 2 N–H and O–H groups in total. The third kappa shape index (κ3) is 6.24. The number of hydrogen-bond donors (Lipinski definition) is 2. The van der Waals surface area contributed by atoms with Crippen LogP contribution in [-0.4, -0.2) is 71.7 Å². The molecule has 0 aromatic rings. The Morgan fingerprint density at radius 1 is 0.931 bits per heavy atom. The molecule has 8 nitrogen and oxygen atoms in total. The minimum Gasteiger partial charge on any atom is -0.444 e. The standard InChI is InChI=1S/C19H34N4O4.C2H6/c1-18(2,3)14(21-17(26)27-19(4,5)6)15(24)22-10-8-13-12(22)9-11-23(13)16(25)20-7;1-2/h12-14H,8-11H2,1-7H3,(H,20,25)(H,21,26);1-2H3. The van der Waals surface area contributed by atoms with Crippen molar-refractivity contribution >= 4 is 18.0 Å². The van der Waals surface area contributed by atoms with Gasteiger partial charge in [-0.3, -0.25) is 4.79 Å². The van der Waals surface area contributed by atoms with Crippen LogP contribution in [0.3, 0.4) is 0 Å². The molecule has 8 heteroatoms. The van der Waals surface area contributed by atoms with Crippen LogP contribution in [0.1, 0.15) is 68.2 Å². The lowest BCUT2D eigenvalue weighted by atomic mass is 9.85. The quantitative estimate of drug-likeness (QED) is 0.729. The summed E-state index contributed by atoms with van der Waals surface area (Å²) in [5.74, 6) is -0.111. The molecule has 2 saturated heterocycles. The largest absolute Gasteiger partial charge is 0.444 e. The van der Waals surface area contributed by atoms with Gasteiger partial charge in [0.15, 0.2) is 0 Å². The van der Waals surface area contributed by atoms with Crippen molar-refractivity contribution in [3.8, 4) is 0 Å². The highest BCUT2D eigenvalue weighted by Gasteiger charge is 2.48. The second-order valence-corrected chi connectivity index (χ2v) is 9.44. The number of urea groups is 1. The lowest BCUT2D eigenvalue weighted by Crippen LogP contribution is -2.56. The van der Waals surface area contributed by atoms with Gasteiger partial charge in [0.2, 0.25) is 5.91 Å². The van der Waals surface area contributed by atoms with Gasteiger partial charge in [-0.1, -0.05) is 34.6 Å². The summed E-state index contributed by atoms with van der Waals surface area (Å²) in [6.45, 7) is 16.4. The van der Waals surface area contributed by atoms with Gasteiger partial charge in [0.1, 0.15) is 11.6 Å². The number of fused-ring (bicyclic) bond motifs is 1. The maximum absolute atomic E-state index is 13.3. The molecule has 3 atom stereocenters. The Hall–Kier alpha value is -1.99.